The highest BCUT2D eigenvalue weighted by Gasteiger charge is 2.02. The zero-order valence-electron chi connectivity index (χ0n) is 11.9. The minimum absolute atomic E-state index is 0.419. The van der Waals surface area contributed by atoms with E-state index in [4.69, 9.17) is 0 Å². The number of rotatable bonds is 6. The fraction of sp³-hybridized carbons (Fsp3) is 0.400. The topological polar surface area (TPSA) is 33.1 Å². The van der Waals surface area contributed by atoms with Gasteiger partial charge in [-0.1, -0.05) is 12.1 Å². The van der Waals surface area contributed by atoms with E-state index in [1.807, 2.05) is 18.7 Å². The van der Waals surface area contributed by atoms with Crippen LogP contribution in [0.2, 0.25) is 0 Å². The first kappa shape index (κ1) is 13.6. The number of benzene rings is 1. The maximum absolute atomic E-state index is 4.05. The van der Waals surface area contributed by atoms with Crippen LogP contribution in [0.5, 0.6) is 0 Å². The Labute approximate surface area is 115 Å². The van der Waals surface area contributed by atoms with Crippen LogP contribution in [0, 0.1) is 0 Å². The maximum Gasteiger partial charge on any atom is 0.0946 e. The van der Waals surface area contributed by atoms with E-state index in [1.54, 1.807) is 0 Å². The summed E-state index contributed by atoms with van der Waals surface area (Å²) in [6.45, 7) is 4.02. The van der Waals surface area contributed by atoms with Crippen molar-refractivity contribution < 1.29 is 0 Å². The van der Waals surface area contributed by atoms with Gasteiger partial charge in [-0.3, -0.25) is 0 Å². The number of aromatic nitrogens is 2. The van der Waals surface area contributed by atoms with Crippen molar-refractivity contribution in [1.29, 1.82) is 0 Å². The lowest BCUT2D eigenvalue weighted by Gasteiger charge is -2.16. The van der Waals surface area contributed by atoms with Gasteiger partial charge in [0.05, 0.1) is 6.33 Å². The third-order valence-corrected chi connectivity index (χ3v) is 3.15. The Kier molecular flexibility index (Phi) is 4.58. The largest absolute Gasteiger partial charge is 0.378 e. The van der Waals surface area contributed by atoms with Crippen LogP contribution >= 0.6 is 0 Å². The van der Waals surface area contributed by atoms with Gasteiger partial charge in [-0.2, -0.15) is 0 Å². The molecule has 1 N–H and O–H groups in total. The van der Waals surface area contributed by atoms with E-state index in [2.05, 4.69) is 65.1 Å². The van der Waals surface area contributed by atoms with Crippen molar-refractivity contribution in [2.45, 2.75) is 26.1 Å². The van der Waals surface area contributed by atoms with Crippen LogP contribution in [0.4, 0.5) is 5.69 Å². The summed E-state index contributed by atoms with van der Waals surface area (Å²) >= 11 is 0. The smallest absolute Gasteiger partial charge is 0.0946 e. The molecule has 1 heterocycles. The monoisotopic (exact) mass is 258 g/mol. The zero-order valence-corrected chi connectivity index (χ0v) is 11.9. The summed E-state index contributed by atoms with van der Waals surface area (Å²) < 4.78 is 2.09. The molecule has 0 saturated carbocycles. The number of imidazole rings is 1. The van der Waals surface area contributed by atoms with Gasteiger partial charge < -0.3 is 14.8 Å². The molecule has 1 aromatic carbocycles. The lowest BCUT2D eigenvalue weighted by Crippen LogP contribution is -2.29. The molecule has 1 unspecified atom stereocenters. The number of nitrogens with one attached hydrogen (secondary N) is 1. The first-order valence-electron chi connectivity index (χ1n) is 6.60. The Balaban J connectivity index is 1.81. The van der Waals surface area contributed by atoms with Crippen molar-refractivity contribution >= 4 is 5.69 Å². The van der Waals surface area contributed by atoms with Crippen molar-refractivity contribution in [3.05, 3.63) is 48.5 Å². The first-order valence-corrected chi connectivity index (χ1v) is 6.60. The zero-order chi connectivity index (χ0) is 13.7. The molecule has 0 radical (unpaired) electrons. The summed E-state index contributed by atoms with van der Waals surface area (Å²) in [6, 6.07) is 9.07. The molecule has 0 aliphatic carbocycles. The quantitative estimate of drug-likeness (QED) is 0.861. The van der Waals surface area contributed by atoms with Crippen LogP contribution in [0.3, 0.4) is 0 Å². The molecule has 19 heavy (non-hydrogen) atoms. The van der Waals surface area contributed by atoms with Gasteiger partial charge in [0.15, 0.2) is 0 Å². The fourth-order valence-corrected chi connectivity index (χ4v) is 1.98. The van der Waals surface area contributed by atoms with Crippen LogP contribution in [0.25, 0.3) is 0 Å². The normalized spacial score (nSPS) is 12.4. The van der Waals surface area contributed by atoms with Gasteiger partial charge in [0.2, 0.25) is 0 Å². The average Bonchev–Trinajstić information content (AvgIpc) is 2.89. The molecule has 4 nitrogen and oxygen atoms in total. The number of anilines is 1. The highest BCUT2D eigenvalue weighted by atomic mass is 15.1. The van der Waals surface area contributed by atoms with Crippen molar-refractivity contribution in [2.24, 2.45) is 0 Å². The lowest BCUT2D eigenvalue weighted by atomic mass is 10.2. The van der Waals surface area contributed by atoms with Crippen LogP contribution in [-0.2, 0) is 13.1 Å². The fourth-order valence-electron chi connectivity index (χ4n) is 1.98. The van der Waals surface area contributed by atoms with E-state index in [1.165, 1.54) is 11.3 Å². The Hall–Kier alpha value is -1.81. The first-order chi connectivity index (χ1) is 9.15. The maximum atomic E-state index is 4.05. The summed E-state index contributed by atoms with van der Waals surface area (Å²) in [5, 5.41) is 3.52. The molecule has 4 heteroatoms. The molecule has 102 valence electrons. The van der Waals surface area contributed by atoms with Crippen LogP contribution < -0.4 is 10.2 Å². The molecule has 0 aliphatic rings. The Morgan fingerprint density at radius 2 is 2.00 bits per heavy atom. The average molecular weight is 258 g/mol. The minimum Gasteiger partial charge on any atom is -0.378 e. The molecule has 0 spiro atoms. The number of hydrogen-bond donors (Lipinski definition) is 1. The second-order valence-electron chi connectivity index (χ2n) is 5.10. The van der Waals surface area contributed by atoms with Crippen molar-refractivity contribution in [3.63, 3.8) is 0 Å². The molecule has 2 rings (SSSR count). The molecular formula is C15H22N4. The van der Waals surface area contributed by atoms with Crippen LogP contribution in [0.1, 0.15) is 12.5 Å². The van der Waals surface area contributed by atoms with Crippen molar-refractivity contribution in [3.8, 4) is 0 Å². The predicted molar refractivity (Wildman–Crippen MR) is 79.3 cm³/mol. The van der Waals surface area contributed by atoms with E-state index in [-0.39, 0.29) is 0 Å². The van der Waals surface area contributed by atoms with E-state index >= 15 is 0 Å². The van der Waals surface area contributed by atoms with Gasteiger partial charge in [0.25, 0.3) is 0 Å². The van der Waals surface area contributed by atoms with E-state index in [9.17, 15) is 0 Å². The summed E-state index contributed by atoms with van der Waals surface area (Å²) in [7, 11) is 4.11. The summed E-state index contributed by atoms with van der Waals surface area (Å²) in [5.74, 6) is 0. The highest BCUT2D eigenvalue weighted by Crippen LogP contribution is 2.12. The number of hydrogen-bond acceptors (Lipinski definition) is 3. The SMILES string of the molecule is CC(Cn1ccnc1)NCc1ccc(N(C)C)cc1. The molecule has 0 fully saturated rings. The molecule has 0 aliphatic heterocycles. The molecule has 1 atom stereocenters. The third kappa shape index (κ3) is 4.10. The molecule has 0 amide bonds. The second-order valence-corrected chi connectivity index (χ2v) is 5.10. The summed E-state index contributed by atoms with van der Waals surface area (Å²) in [4.78, 5) is 6.16. The Bertz CT molecular complexity index is 473. The summed E-state index contributed by atoms with van der Waals surface area (Å²) in [5.41, 5.74) is 2.54. The van der Waals surface area contributed by atoms with Gasteiger partial charge >= 0.3 is 0 Å². The second kappa shape index (κ2) is 6.38. The van der Waals surface area contributed by atoms with Gasteiger partial charge in [-0.25, -0.2) is 4.98 Å². The van der Waals surface area contributed by atoms with Crippen molar-refractivity contribution in [1.82, 2.24) is 14.9 Å². The third-order valence-electron chi connectivity index (χ3n) is 3.15. The molecule has 0 bridgehead atoms. The van der Waals surface area contributed by atoms with Gasteiger partial charge in [-0.05, 0) is 24.6 Å². The molecular weight excluding hydrogens is 236 g/mol. The standard InChI is InChI=1S/C15H22N4/c1-13(11-19-9-8-16-12-19)17-10-14-4-6-15(7-5-14)18(2)3/h4-9,12-13,17H,10-11H2,1-3H3. The highest BCUT2D eigenvalue weighted by molar-refractivity contribution is 5.45. The van der Waals surface area contributed by atoms with Crippen LogP contribution in [-0.4, -0.2) is 29.7 Å². The summed E-state index contributed by atoms with van der Waals surface area (Å²) in [6.07, 6.45) is 5.65. The Morgan fingerprint density at radius 3 is 2.58 bits per heavy atom. The molecule has 1 aromatic heterocycles. The van der Waals surface area contributed by atoms with E-state index < -0.39 is 0 Å². The van der Waals surface area contributed by atoms with Gasteiger partial charge in [0, 0.05) is 51.3 Å². The van der Waals surface area contributed by atoms with Gasteiger partial charge in [0.1, 0.15) is 0 Å². The minimum atomic E-state index is 0.419. The van der Waals surface area contributed by atoms with E-state index in [0.29, 0.717) is 6.04 Å². The lowest BCUT2D eigenvalue weighted by molar-refractivity contribution is 0.476. The number of nitrogens with zero attached hydrogens (tertiary/aromatic N) is 3. The van der Waals surface area contributed by atoms with E-state index in [0.717, 1.165) is 13.1 Å². The van der Waals surface area contributed by atoms with Crippen LogP contribution in [0.15, 0.2) is 43.0 Å². The Morgan fingerprint density at radius 1 is 1.26 bits per heavy atom. The predicted octanol–water partition coefficient (Wildman–Crippen LogP) is 2.13. The molecule has 2 aromatic rings. The molecule has 0 saturated heterocycles. The van der Waals surface area contributed by atoms with Gasteiger partial charge in [-0.15, -0.1) is 0 Å². The van der Waals surface area contributed by atoms with Crippen molar-refractivity contribution in [2.75, 3.05) is 19.0 Å².